The highest BCUT2D eigenvalue weighted by Crippen LogP contribution is 2.55. The molecular formula is C61H58N4. The van der Waals surface area contributed by atoms with Crippen LogP contribution in [0.4, 0.5) is 45.5 Å². The van der Waals surface area contributed by atoms with Gasteiger partial charge in [-0.2, -0.15) is 0 Å². The highest BCUT2D eigenvalue weighted by atomic mass is 15.2. The van der Waals surface area contributed by atoms with E-state index in [1.54, 1.807) is 0 Å². The Hall–Kier alpha value is -7.04. The molecule has 8 aromatic carbocycles. The van der Waals surface area contributed by atoms with E-state index in [2.05, 4.69) is 259 Å². The number of hydrogen-bond donors (Lipinski definition) is 0. The number of rotatable bonds is 8. The monoisotopic (exact) mass is 846 g/mol. The molecule has 0 atom stereocenters. The lowest BCUT2D eigenvalue weighted by Gasteiger charge is -2.30. The Morgan fingerprint density at radius 3 is 0.769 bits per heavy atom. The summed E-state index contributed by atoms with van der Waals surface area (Å²) in [5.74, 6) is 0. The van der Waals surface area contributed by atoms with E-state index in [-0.39, 0.29) is 16.2 Å². The quantitative estimate of drug-likeness (QED) is 0.151. The first-order chi connectivity index (χ1) is 31.1. The van der Waals surface area contributed by atoms with Crippen molar-refractivity contribution in [2.75, 3.05) is 47.8 Å². The highest BCUT2D eigenvalue weighted by Gasteiger charge is 2.39. The molecule has 65 heavy (non-hydrogen) atoms. The van der Waals surface area contributed by atoms with E-state index in [1.165, 1.54) is 78.1 Å². The molecule has 0 saturated carbocycles. The van der Waals surface area contributed by atoms with E-state index in [9.17, 15) is 0 Å². The number of hydrogen-bond acceptors (Lipinski definition) is 4. The summed E-state index contributed by atoms with van der Waals surface area (Å²) in [7, 11) is 8.41. The first-order valence-corrected chi connectivity index (χ1v) is 23.1. The third kappa shape index (κ3) is 6.17. The molecule has 0 heterocycles. The fourth-order valence-corrected chi connectivity index (χ4v) is 11.3. The number of anilines is 8. The highest BCUT2D eigenvalue weighted by molar-refractivity contribution is 5.91. The van der Waals surface area contributed by atoms with Crippen molar-refractivity contribution in [3.63, 3.8) is 0 Å². The van der Waals surface area contributed by atoms with Crippen LogP contribution in [0, 0.1) is 0 Å². The Morgan fingerprint density at radius 2 is 0.477 bits per heavy atom. The van der Waals surface area contributed by atoms with Crippen LogP contribution >= 0.6 is 0 Å². The van der Waals surface area contributed by atoms with Gasteiger partial charge in [-0.05, 0) is 164 Å². The van der Waals surface area contributed by atoms with Crippen LogP contribution in [0.2, 0.25) is 0 Å². The van der Waals surface area contributed by atoms with Crippen molar-refractivity contribution >= 4 is 45.5 Å². The minimum atomic E-state index is -0.263. The summed E-state index contributed by atoms with van der Waals surface area (Å²) in [6.45, 7) is 14.3. The van der Waals surface area contributed by atoms with Gasteiger partial charge in [0.2, 0.25) is 0 Å². The Labute approximate surface area is 386 Å². The van der Waals surface area contributed by atoms with Crippen molar-refractivity contribution in [1.82, 2.24) is 0 Å². The Morgan fingerprint density at radius 1 is 0.246 bits per heavy atom. The van der Waals surface area contributed by atoms with Gasteiger partial charge in [-0.25, -0.2) is 0 Å². The zero-order chi connectivity index (χ0) is 45.2. The first kappa shape index (κ1) is 40.7. The Bertz CT molecular complexity index is 2970. The van der Waals surface area contributed by atoms with Crippen molar-refractivity contribution < 1.29 is 0 Å². The maximum atomic E-state index is 2.46. The molecular weight excluding hydrogens is 789 g/mol. The predicted octanol–water partition coefficient (Wildman–Crippen LogP) is 15.7. The molecule has 0 spiro atoms. The zero-order valence-electron chi connectivity index (χ0n) is 39.5. The van der Waals surface area contributed by atoms with Gasteiger partial charge in [0.15, 0.2) is 0 Å². The van der Waals surface area contributed by atoms with Crippen LogP contribution in [0.15, 0.2) is 170 Å². The summed E-state index contributed by atoms with van der Waals surface area (Å²) >= 11 is 0. The van der Waals surface area contributed by atoms with Gasteiger partial charge < -0.3 is 19.6 Å². The molecule has 3 aliphatic carbocycles. The van der Waals surface area contributed by atoms with E-state index >= 15 is 0 Å². The molecule has 4 heteroatoms. The molecule has 8 aromatic rings. The van der Waals surface area contributed by atoms with E-state index in [4.69, 9.17) is 0 Å². The lowest BCUT2D eigenvalue weighted by molar-refractivity contribution is 0.660. The van der Waals surface area contributed by atoms with E-state index < -0.39 is 0 Å². The summed E-state index contributed by atoms with van der Waals surface area (Å²) in [5.41, 5.74) is 24.9. The maximum Gasteiger partial charge on any atom is 0.0465 e. The first-order valence-electron chi connectivity index (χ1n) is 23.1. The van der Waals surface area contributed by atoms with E-state index in [0.29, 0.717) is 0 Å². The van der Waals surface area contributed by atoms with Gasteiger partial charge in [0.25, 0.3) is 0 Å². The molecule has 0 unspecified atom stereocenters. The van der Waals surface area contributed by atoms with Crippen LogP contribution in [-0.2, 0) is 16.2 Å². The van der Waals surface area contributed by atoms with Crippen LogP contribution in [0.3, 0.4) is 0 Å². The molecule has 0 N–H and O–H groups in total. The smallest absolute Gasteiger partial charge is 0.0465 e. The van der Waals surface area contributed by atoms with Crippen LogP contribution < -0.4 is 19.6 Å². The molecule has 0 aromatic heterocycles. The third-order valence-electron chi connectivity index (χ3n) is 15.1. The second kappa shape index (κ2) is 14.5. The van der Waals surface area contributed by atoms with Crippen molar-refractivity contribution in [1.29, 1.82) is 0 Å². The molecule has 0 radical (unpaired) electrons. The fraction of sp³-hybridized carbons (Fsp3) is 0.213. The molecule has 0 amide bonds. The Balaban J connectivity index is 1.02. The zero-order valence-corrected chi connectivity index (χ0v) is 39.5. The van der Waals surface area contributed by atoms with Crippen LogP contribution in [0.5, 0.6) is 0 Å². The standard InChI is InChI=1S/C61H58N4/c1-59(2)53-17-13-11-15-47(53)49-31-27-43(35-55(49)59)64(41-23-19-39(20-24-41)62(7)8)45-29-33-51-52-34-30-46(38-58(52)61(5,6)57(51)37-45)65(42-25-21-40(22-26-42)63(9)10)44-28-32-50-48-16-12-14-18-54(48)60(3,4)56(50)36-44/h11-38H,1-10H3. The normalized spacial score (nSPS) is 15.0. The van der Waals surface area contributed by atoms with E-state index in [1.807, 2.05) is 0 Å². The second-order valence-corrected chi connectivity index (χ2v) is 20.4. The van der Waals surface area contributed by atoms with Gasteiger partial charge >= 0.3 is 0 Å². The van der Waals surface area contributed by atoms with Crippen molar-refractivity contribution in [3.8, 4) is 33.4 Å². The summed E-state index contributed by atoms with van der Waals surface area (Å²) in [6, 6.07) is 64.3. The van der Waals surface area contributed by atoms with Gasteiger partial charge in [-0.3, -0.25) is 0 Å². The van der Waals surface area contributed by atoms with Gasteiger partial charge in [0.05, 0.1) is 0 Å². The molecule has 11 rings (SSSR count). The van der Waals surface area contributed by atoms with Crippen molar-refractivity contribution in [3.05, 3.63) is 203 Å². The fourth-order valence-electron chi connectivity index (χ4n) is 11.3. The van der Waals surface area contributed by atoms with Crippen molar-refractivity contribution in [2.24, 2.45) is 0 Å². The van der Waals surface area contributed by atoms with Crippen LogP contribution in [0.25, 0.3) is 33.4 Å². The van der Waals surface area contributed by atoms with Gasteiger partial charge in [-0.15, -0.1) is 0 Å². The molecule has 322 valence electrons. The number of benzene rings is 8. The minimum Gasteiger partial charge on any atom is -0.378 e. The lowest BCUT2D eigenvalue weighted by atomic mass is 9.81. The van der Waals surface area contributed by atoms with E-state index in [0.717, 1.165) is 34.1 Å². The average Bonchev–Trinajstić information content (AvgIpc) is 3.78. The summed E-state index contributed by atoms with van der Waals surface area (Å²) in [5, 5.41) is 0. The number of fused-ring (bicyclic) bond motifs is 9. The van der Waals surface area contributed by atoms with Gasteiger partial charge in [0.1, 0.15) is 0 Å². The van der Waals surface area contributed by atoms with Gasteiger partial charge in [-0.1, -0.05) is 114 Å². The molecule has 0 fully saturated rings. The molecule has 0 bridgehead atoms. The lowest BCUT2D eigenvalue weighted by Crippen LogP contribution is -2.19. The number of nitrogens with zero attached hydrogens (tertiary/aromatic N) is 4. The SMILES string of the molecule is CN(C)c1ccc(N(c2ccc3c(c2)C(C)(C)c2ccccc2-3)c2ccc3c(c2)C(C)(C)c2cc(N(c4ccc(N(C)C)cc4)c4ccc5c(c4)C(C)(C)c4ccccc4-5)ccc2-3)cc1. The summed E-state index contributed by atoms with van der Waals surface area (Å²) in [4.78, 5) is 9.24. The third-order valence-corrected chi connectivity index (χ3v) is 15.1. The molecule has 3 aliphatic rings. The van der Waals surface area contributed by atoms with Crippen LogP contribution in [0.1, 0.15) is 74.9 Å². The molecule has 0 saturated heterocycles. The minimum absolute atomic E-state index is 0.106. The maximum absolute atomic E-state index is 2.46. The van der Waals surface area contributed by atoms with Crippen molar-refractivity contribution in [2.45, 2.75) is 57.8 Å². The second-order valence-electron chi connectivity index (χ2n) is 20.4. The van der Waals surface area contributed by atoms with Crippen LogP contribution in [-0.4, -0.2) is 28.2 Å². The van der Waals surface area contributed by atoms with Gasteiger partial charge in [0, 0.05) is 89.9 Å². The Kier molecular flexibility index (Phi) is 9.07. The average molecular weight is 847 g/mol. The molecule has 4 nitrogen and oxygen atoms in total. The summed E-state index contributed by atoms with van der Waals surface area (Å²) in [6.07, 6.45) is 0. The topological polar surface area (TPSA) is 13.0 Å². The molecule has 0 aliphatic heterocycles. The predicted molar refractivity (Wildman–Crippen MR) is 277 cm³/mol. The largest absolute Gasteiger partial charge is 0.378 e. The summed E-state index contributed by atoms with van der Waals surface area (Å²) < 4.78 is 0.